The van der Waals surface area contributed by atoms with E-state index in [0.717, 1.165) is 35.1 Å². The van der Waals surface area contributed by atoms with Gasteiger partial charge < -0.3 is 9.84 Å². The average molecular weight is 509 g/mol. The predicted molar refractivity (Wildman–Crippen MR) is 157 cm³/mol. The summed E-state index contributed by atoms with van der Waals surface area (Å²) >= 11 is 0. The first kappa shape index (κ1) is 28.8. The SMILES string of the molecule is [C-]#[N+]c1cccc(Oc2cc(C)c(C(CCC)c3cc(C(C)(C)C)c(O)cc3C)cc2C(C)(C)C)c1[N+]#[C-]. The number of nitrogens with zero attached hydrogens (tertiary/aromatic N) is 2. The molecular weight excluding hydrogens is 468 g/mol. The van der Waals surface area contributed by atoms with Gasteiger partial charge in [-0.1, -0.05) is 79.2 Å². The number of phenols is 1. The highest BCUT2D eigenvalue weighted by atomic mass is 16.5. The first-order valence-electron chi connectivity index (χ1n) is 13.3. The molecule has 1 atom stereocenters. The second-order valence-corrected chi connectivity index (χ2v) is 12.2. The maximum absolute atomic E-state index is 10.7. The molecule has 3 rings (SSSR count). The molecule has 38 heavy (non-hydrogen) atoms. The number of hydrogen-bond donors (Lipinski definition) is 1. The molecule has 4 nitrogen and oxygen atoms in total. The first-order valence-corrected chi connectivity index (χ1v) is 13.3. The Labute approximate surface area is 228 Å². The minimum Gasteiger partial charge on any atom is -0.508 e. The van der Waals surface area contributed by atoms with Gasteiger partial charge in [-0.15, -0.1) is 0 Å². The van der Waals surface area contributed by atoms with Crippen LogP contribution in [-0.2, 0) is 10.8 Å². The summed E-state index contributed by atoms with van der Waals surface area (Å²) in [6, 6.07) is 13.6. The Kier molecular flexibility index (Phi) is 8.28. The summed E-state index contributed by atoms with van der Waals surface area (Å²) < 4.78 is 6.39. The molecule has 1 unspecified atom stereocenters. The highest BCUT2D eigenvalue weighted by Crippen LogP contribution is 2.46. The van der Waals surface area contributed by atoms with Crippen LogP contribution in [0.15, 0.2) is 42.5 Å². The van der Waals surface area contributed by atoms with Crippen LogP contribution in [0.4, 0.5) is 11.4 Å². The van der Waals surface area contributed by atoms with Crippen LogP contribution in [0.5, 0.6) is 17.2 Å². The number of aromatic hydroxyl groups is 1. The van der Waals surface area contributed by atoms with Gasteiger partial charge in [-0.2, -0.15) is 0 Å². The molecule has 0 saturated carbocycles. The molecule has 3 aromatic carbocycles. The van der Waals surface area contributed by atoms with Crippen LogP contribution in [0, 0.1) is 27.0 Å². The van der Waals surface area contributed by atoms with Crippen molar-refractivity contribution < 1.29 is 9.84 Å². The van der Waals surface area contributed by atoms with Crippen molar-refractivity contribution in [1.29, 1.82) is 0 Å². The standard InChI is InChI=1S/C34H40N2O2/c1-12-14-23(24-19-26(33(4,5)6)29(37)17-21(24)2)25-20-27(34(7,8)9)31(18-22(25)3)38-30-16-13-15-28(35-10)32(30)36-11/h13,15-20,23,37H,12,14H2,1-9H3. The van der Waals surface area contributed by atoms with E-state index >= 15 is 0 Å². The molecule has 0 amide bonds. The van der Waals surface area contributed by atoms with E-state index < -0.39 is 0 Å². The van der Waals surface area contributed by atoms with E-state index in [1.54, 1.807) is 18.2 Å². The molecule has 0 radical (unpaired) electrons. The van der Waals surface area contributed by atoms with E-state index in [1.165, 1.54) is 11.1 Å². The Balaban J connectivity index is 2.24. The van der Waals surface area contributed by atoms with Crippen LogP contribution in [0.2, 0.25) is 0 Å². The Morgan fingerprint density at radius 1 is 0.816 bits per heavy atom. The Morgan fingerprint density at radius 3 is 1.92 bits per heavy atom. The van der Waals surface area contributed by atoms with Crippen LogP contribution < -0.4 is 4.74 Å². The molecule has 0 aliphatic heterocycles. The monoisotopic (exact) mass is 508 g/mol. The fourth-order valence-corrected chi connectivity index (χ4v) is 5.11. The molecule has 0 aliphatic rings. The average Bonchev–Trinajstić information content (AvgIpc) is 2.81. The summed E-state index contributed by atoms with van der Waals surface area (Å²) in [5, 5.41) is 10.7. The third-order valence-electron chi connectivity index (χ3n) is 7.13. The van der Waals surface area contributed by atoms with Crippen molar-refractivity contribution in [3.63, 3.8) is 0 Å². The van der Waals surface area contributed by atoms with E-state index in [1.807, 2.05) is 6.07 Å². The van der Waals surface area contributed by atoms with Gasteiger partial charge in [-0.05, 0) is 77.1 Å². The fraction of sp³-hybridized carbons (Fsp3) is 0.412. The third kappa shape index (κ3) is 5.87. The molecule has 0 saturated heterocycles. The summed E-state index contributed by atoms with van der Waals surface area (Å²) in [5.74, 6) is 1.63. The zero-order valence-electron chi connectivity index (χ0n) is 24.3. The molecule has 0 fully saturated rings. The van der Waals surface area contributed by atoms with E-state index in [2.05, 4.69) is 90.2 Å². The number of hydrogen-bond acceptors (Lipinski definition) is 2. The van der Waals surface area contributed by atoms with Crippen LogP contribution >= 0.6 is 0 Å². The van der Waals surface area contributed by atoms with E-state index in [9.17, 15) is 5.11 Å². The van der Waals surface area contributed by atoms with E-state index in [-0.39, 0.29) is 22.4 Å². The smallest absolute Gasteiger partial charge is 0.236 e. The number of rotatable bonds is 6. The van der Waals surface area contributed by atoms with Crippen LogP contribution in [0.25, 0.3) is 9.69 Å². The van der Waals surface area contributed by atoms with Crippen molar-refractivity contribution >= 4 is 11.4 Å². The first-order chi connectivity index (χ1) is 17.7. The topological polar surface area (TPSA) is 38.2 Å². The quantitative estimate of drug-likeness (QED) is 0.336. The lowest BCUT2D eigenvalue weighted by molar-refractivity contribution is 0.445. The maximum atomic E-state index is 10.7. The van der Waals surface area contributed by atoms with Gasteiger partial charge in [0, 0.05) is 11.5 Å². The summed E-state index contributed by atoms with van der Waals surface area (Å²) in [6.07, 6.45) is 2.00. The molecule has 3 aromatic rings. The van der Waals surface area contributed by atoms with Gasteiger partial charge in [0.05, 0.1) is 13.1 Å². The lowest BCUT2D eigenvalue weighted by atomic mass is 9.76. The minimum absolute atomic E-state index is 0.168. The predicted octanol–water partition coefficient (Wildman–Crippen LogP) is 10.4. The Hall–Kier alpha value is -3.76. The summed E-state index contributed by atoms with van der Waals surface area (Å²) in [6.45, 7) is 34.3. The van der Waals surface area contributed by atoms with Gasteiger partial charge in [0.2, 0.25) is 5.69 Å². The van der Waals surface area contributed by atoms with Crippen molar-refractivity contribution in [2.75, 3.05) is 0 Å². The van der Waals surface area contributed by atoms with Gasteiger partial charge in [-0.3, -0.25) is 0 Å². The molecule has 0 aromatic heterocycles. The van der Waals surface area contributed by atoms with Gasteiger partial charge in [-0.25, -0.2) is 9.69 Å². The van der Waals surface area contributed by atoms with Gasteiger partial charge in [0.25, 0.3) is 0 Å². The number of aryl methyl sites for hydroxylation is 2. The second-order valence-electron chi connectivity index (χ2n) is 12.2. The highest BCUT2D eigenvalue weighted by Gasteiger charge is 2.28. The van der Waals surface area contributed by atoms with Gasteiger partial charge in [0.1, 0.15) is 17.2 Å². The molecule has 4 heteroatoms. The van der Waals surface area contributed by atoms with Crippen molar-refractivity contribution in [3.05, 3.63) is 98.7 Å². The molecule has 1 N–H and O–H groups in total. The number of benzene rings is 3. The molecule has 0 spiro atoms. The third-order valence-corrected chi connectivity index (χ3v) is 7.13. The highest BCUT2D eigenvalue weighted by molar-refractivity contribution is 5.77. The second kappa shape index (κ2) is 10.9. The molecule has 0 bridgehead atoms. The Morgan fingerprint density at radius 2 is 1.39 bits per heavy atom. The largest absolute Gasteiger partial charge is 0.508 e. The zero-order valence-corrected chi connectivity index (χ0v) is 24.3. The van der Waals surface area contributed by atoms with Crippen LogP contribution in [0.3, 0.4) is 0 Å². The summed E-state index contributed by atoms with van der Waals surface area (Å²) in [4.78, 5) is 7.10. The van der Waals surface area contributed by atoms with Crippen LogP contribution in [-0.4, -0.2) is 5.11 Å². The van der Waals surface area contributed by atoms with E-state index in [4.69, 9.17) is 17.9 Å². The van der Waals surface area contributed by atoms with Crippen molar-refractivity contribution in [1.82, 2.24) is 0 Å². The summed E-state index contributed by atoms with van der Waals surface area (Å²) in [5.41, 5.74) is 6.84. The molecule has 0 aliphatic carbocycles. The Bertz CT molecular complexity index is 1420. The molecule has 198 valence electrons. The van der Waals surface area contributed by atoms with Crippen molar-refractivity contribution in [2.24, 2.45) is 0 Å². The number of phenolic OH excluding ortho intramolecular Hbond substituents is 1. The maximum Gasteiger partial charge on any atom is 0.236 e. The zero-order chi connectivity index (χ0) is 28.4. The lowest BCUT2D eigenvalue weighted by Gasteiger charge is -2.29. The molecular formula is C34H40N2O2. The number of para-hydroxylation sites is 1. The van der Waals surface area contributed by atoms with Gasteiger partial charge in [0.15, 0.2) is 5.69 Å². The normalized spacial score (nSPS) is 12.5. The number of ether oxygens (including phenoxy) is 1. The minimum atomic E-state index is -0.217. The fourth-order valence-electron chi connectivity index (χ4n) is 5.11. The van der Waals surface area contributed by atoms with Crippen molar-refractivity contribution in [2.45, 2.75) is 91.9 Å². The van der Waals surface area contributed by atoms with Crippen molar-refractivity contribution in [3.8, 4) is 17.2 Å². The molecule has 0 heterocycles. The lowest BCUT2D eigenvalue weighted by Crippen LogP contribution is -2.16. The van der Waals surface area contributed by atoms with E-state index in [0.29, 0.717) is 22.9 Å². The van der Waals surface area contributed by atoms with Gasteiger partial charge >= 0.3 is 0 Å². The summed E-state index contributed by atoms with van der Waals surface area (Å²) in [7, 11) is 0. The van der Waals surface area contributed by atoms with Crippen LogP contribution in [0.1, 0.15) is 101 Å².